The average Bonchev–Trinajstić information content (AvgIpc) is 3.02. The lowest BCUT2D eigenvalue weighted by Crippen LogP contribution is -2.22. The predicted octanol–water partition coefficient (Wildman–Crippen LogP) is 1.24. The number of aliphatic hydroxyl groups is 1. The van der Waals surface area contributed by atoms with Crippen molar-refractivity contribution in [2.45, 2.75) is 31.8 Å². The van der Waals surface area contributed by atoms with Gasteiger partial charge in [0, 0.05) is 19.2 Å². The summed E-state index contributed by atoms with van der Waals surface area (Å²) in [5.41, 5.74) is 1.89. The van der Waals surface area contributed by atoms with Crippen LogP contribution in [0.5, 0.6) is 0 Å². The molecule has 0 spiro atoms. The van der Waals surface area contributed by atoms with Crippen LogP contribution in [0.2, 0.25) is 0 Å². The molecular formula is C13H18N4O. The number of hydrogen-bond acceptors (Lipinski definition) is 4. The first-order chi connectivity index (χ1) is 8.90. The summed E-state index contributed by atoms with van der Waals surface area (Å²) in [4.78, 5) is 9.10. The number of nitrogens with zero attached hydrogens (tertiary/aromatic N) is 3. The Morgan fingerprint density at radius 3 is 3.22 bits per heavy atom. The van der Waals surface area contributed by atoms with Crippen molar-refractivity contribution in [3.63, 3.8) is 0 Å². The molecule has 1 atom stereocenters. The highest BCUT2D eigenvalue weighted by Gasteiger charge is 2.22. The Morgan fingerprint density at radius 1 is 1.50 bits per heavy atom. The monoisotopic (exact) mass is 246 g/mol. The zero-order valence-electron chi connectivity index (χ0n) is 10.3. The molecule has 0 amide bonds. The number of rotatable bonds is 4. The smallest absolute Gasteiger partial charge is 0.161 e. The molecule has 96 valence electrons. The van der Waals surface area contributed by atoms with E-state index in [0.29, 0.717) is 6.17 Å². The first-order valence-electron chi connectivity index (χ1n) is 6.56. The lowest BCUT2D eigenvalue weighted by Gasteiger charge is -2.16. The van der Waals surface area contributed by atoms with Crippen molar-refractivity contribution in [1.82, 2.24) is 19.9 Å². The number of imidazole rings is 1. The molecular weight excluding hydrogens is 228 g/mol. The number of aromatic nitrogens is 3. The average molecular weight is 246 g/mol. The van der Waals surface area contributed by atoms with E-state index < -0.39 is 0 Å². The van der Waals surface area contributed by atoms with E-state index in [1.54, 1.807) is 0 Å². The van der Waals surface area contributed by atoms with Crippen LogP contribution in [-0.4, -0.2) is 32.8 Å². The molecule has 0 bridgehead atoms. The third-order valence-corrected chi connectivity index (χ3v) is 3.43. The van der Waals surface area contributed by atoms with Gasteiger partial charge < -0.3 is 5.11 Å². The fourth-order valence-corrected chi connectivity index (χ4v) is 2.60. The van der Waals surface area contributed by atoms with E-state index in [1.165, 1.54) is 6.42 Å². The van der Waals surface area contributed by atoms with Crippen LogP contribution in [0.1, 0.15) is 31.3 Å². The van der Waals surface area contributed by atoms with E-state index in [2.05, 4.69) is 19.9 Å². The minimum absolute atomic E-state index is 0.203. The van der Waals surface area contributed by atoms with Crippen LogP contribution < -0.4 is 5.32 Å². The van der Waals surface area contributed by atoms with Gasteiger partial charge in [0.2, 0.25) is 0 Å². The molecule has 1 aliphatic heterocycles. The quantitative estimate of drug-likeness (QED) is 0.852. The van der Waals surface area contributed by atoms with E-state index in [0.717, 1.165) is 42.8 Å². The third kappa shape index (κ3) is 2.00. The summed E-state index contributed by atoms with van der Waals surface area (Å²) in [6.07, 6.45) is 5.97. The summed E-state index contributed by atoms with van der Waals surface area (Å²) in [5.74, 6) is 1.03. The van der Waals surface area contributed by atoms with Crippen molar-refractivity contribution in [1.29, 1.82) is 0 Å². The van der Waals surface area contributed by atoms with Gasteiger partial charge in [-0.2, -0.15) is 0 Å². The Balaban J connectivity index is 2.05. The molecule has 0 aromatic carbocycles. The second kappa shape index (κ2) is 5.04. The number of hydrogen-bond donors (Lipinski definition) is 2. The van der Waals surface area contributed by atoms with Gasteiger partial charge in [0.1, 0.15) is 11.3 Å². The van der Waals surface area contributed by atoms with Gasteiger partial charge in [-0.25, -0.2) is 9.97 Å². The molecule has 3 rings (SSSR count). The molecule has 1 fully saturated rings. The molecule has 3 heterocycles. The summed E-state index contributed by atoms with van der Waals surface area (Å²) < 4.78 is 2.21. The second-order valence-corrected chi connectivity index (χ2v) is 4.68. The van der Waals surface area contributed by atoms with Crippen molar-refractivity contribution >= 4 is 11.2 Å². The summed E-state index contributed by atoms with van der Waals surface area (Å²) in [6, 6.07) is 3.91. The second-order valence-electron chi connectivity index (χ2n) is 4.68. The lowest BCUT2D eigenvalue weighted by molar-refractivity contribution is 0.286. The van der Waals surface area contributed by atoms with Crippen LogP contribution in [0.25, 0.3) is 11.2 Å². The molecule has 2 aromatic heterocycles. The largest absolute Gasteiger partial charge is 0.396 e. The number of aryl methyl sites for hydroxylation is 1. The van der Waals surface area contributed by atoms with Gasteiger partial charge in [-0.1, -0.05) is 0 Å². The van der Waals surface area contributed by atoms with Gasteiger partial charge in [0.25, 0.3) is 0 Å². The summed E-state index contributed by atoms with van der Waals surface area (Å²) in [6.45, 7) is 1.26. The number of pyridine rings is 1. The lowest BCUT2D eigenvalue weighted by atomic mass is 10.3. The number of aliphatic hydroxyl groups excluding tert-OH is 1. The first-order valence-corrected chi connectivity index (χ1v) is 6.56. The van der Waals surface area contributed by atoms with E-state index in [-0.39, 0.29) is 6.61 Å². The molecule has 0 radical (unpaired) electrons. The Hall–Kier alpha value is -1.46. The molecule has 1 aliphatic rings. The SMILES string of the molecule is OCCCc1nc2cccnc2n1C1CCCN1. The maximum Gasteiger partial charge on any atom is 0.161 e. The standard InChI is InChI=1S/C13H18N4O/c18-9-3-6-12-16-10-4-1-8-15-13(10)17(12)11-5-2-7-14-11/h1,4,8,11,14,18H,2-3,5-7,9H2. The van der Waals surface area contributed by atoms with Gasteiger partial charge in [-0.05, 0) is 37.9 Å². The van der Waals surface area contributed by atoms with Crippen LogP contribution in [-0.2, 0) is 6.42 Å². The van der Waals surface area contributed by atoms with E-state index in [4.69, 9.17) is 5.11 Å². The molecule has 1 unspecified atom stereocenters. The fraction of sp³-hybridized carbons (Fsp3) is 0.538. The van der Waals surface area contributed by atoms with Crippen LogP contribution in [0.3, 0.4) is 0 Å². The highest BCUT2D eigenvalue weighted by atomic mass is 16.2. The minimum atomic E-state index is 0.203. The van der Waals surface area contributed by atoms with Gasteiger partial charge in [-0.3, -0.25) is 9.88 Å². The van der Waals surface area contributed by atoms with Crippen LogP contribution in [0.15, 0.2) is 18.3 Å². The van der Waals surface area contributed by atoms with Crippen LogP contribution in [0, 0.1) is 0 Å². The van der Waals surface area contributed by atoms with E-state index >= 15 is 0 Å². The van der Waals surface area contributed by atoms with Gasteiger partial charge in [0.15, 0.2) is 5.65 Å². The Kier molecular flexibility index (Phi) is 3.25. The Labute approximate surface area is 106 Å². The number of fused-ring (bicyclic) bond motifs is 1. The van der Waals surface area contributed by atoms with Crippen molar-refractivity contribution in [3.05, 3.63) is 24.2 Å². The normalized spacial score (nSPS) is 19.7. The molecule has 2 N–H and O–H groups in total. The third-order valence-electron chi connectivity index (χ3n) is 3.43. The Bertz CT molecular complexity index is 531. The van der Waals surface area contributed by atoms with Crippen molar-refractivity contribution in [3.8, 4) is 0 Å². The van der Waals surface area contributed by atoms with Crippen molar-refractivity contribution in [2.75, 3.05) is 13.2 Å². The van der Waals surface area contributed by atoms with Crippen molar-refractivity contribution < 1.29 is 5.11 Å². The summed E-state index contributed by atoms with van der Waals surface area (Å²) in [5, 5.41) is 12.5. The van der Waals surface area contributed by atoms with Crippen LogP contribution in [0.4, 0.5) is 0 Å². The molecule has 0 aliphatic carbocycles. The highest BCUT2D eigenvalue weighted by Crippen LogP contribution is 2.24. The number of nitrogens with one attached hydrogen (secondary N) is 1. The predicted molar refractivity (Wildman–Crippen MR) is 69.2 cm³/mol. The maximum atomic E-state index is 8.99. The molecule has 2 aromatic rings. The summed E-state index contributed by atoms with van der Waals surface area (Å²) in [7, 11) is 0. The molecule has 1 saturated heterocycles. The molecule has 18 heavy (non-hydrogen) atoms. The van der Waals surface area contributed by atoms with Gasteiger partial charge in [0.05, 0.1) is 6.17 Å². The van der Waals surface area contributed by atoms with Gasteiger partial charge in [-0.15, -0.1) is 0 Å². The van der Waals surface area contributed by atoms with E-state index in [1.807, 2.05) is 18.3 Å². The molecule has 5 heteroatoms. The molecule has 0 saturated carbocycles. The minimum Gasteiger partial charge on any atom is -0.396 e. The fourth-order valence-electron chi connectivity index (χ4n) is 2.60. The highest BCUT2D eigenvalue weighted by molar-refractivity contribution is 5.71. The zero-order chi connectivity index (χ0) is 12.4. The summed E-state index contributed by atoms with van der Waals surface area (Å²) >= 11 is 0. The molecule has 5 nitrogen and oxygen atoms in total. The van der Waals surface area contributed by atoms with Gasteiger partial charge >= 0.3 is 0 Å². The Morgan fingerprint density at radius 2 is 2.44 bits per heavy atom. The van der Waals surface area contributed by atoms with Crippen LogP contribution >= 0.6 is 0 Å². The first kappa shape index (κ1) is 11.6. The zero-order valence-corrected chi connectivity index (χ0v) is 10.3. The van der Waals surface area contributed by atoms with Crippen molar-refractivity contribution in [2.24, 2.45) is 0 Å². The topological polar surface area (TPSA) is 63.0 Å². The van der Waals surface area contributed by atoms with E-state index in [9.17, 15) is 0 Å². The maximum absolute atomic E-state index is 8.99.